The zero-order valence-electron chi connectivity index (χ0n) is 12.9. The lowest BCUT2D eigenvalue weighted by Gasteiger charge is -2.04. The van der Waals surface area contributed by atoms with Crippen LogP contribution < -0.4 is 11.5 Å². The molecule has 122 valence electrons. The Balaban J connectivity index is 1.64. The molecule has 0 radical (unpaired) electrons. The molecule has 3 rings (SSSR count). The van der Waals surface area contributed by atoms with E-state index in [4.69, 9.17) is 11.5 Å². The highest BCUT2D eigenvalue weighted by Crippen LogP contribution is 2.27. The number of thioether (sulfide) groups is 1. The lowest BCUT2D eigenvalue weighted by Crippen LogP contribution is -1.97. The SMILES string of the molecule is NC=C(C=NCc1ccccc1)CSc1cc(N)nc2n[nH]nc12. The van der Waals surface area contributed by atoms with E-state index in [0.717, 1.165) is 16.0 Å². The number of pyridine rings is 1. The second kappa shape index (κ2) is 7.60. The molecule has 0 aliphatic rings. The Kier molecular flexibility index (Phi) is 5.07. The summed E-state index contributed by atoms with van der Waals surface area (Å²) in [6.45, 7) is 0.624. The molecule has 2 aromatic heterocycles. The first-order valence-electron chi connectivity index (χ1n) is 7.30. The monoisotopic (exact) mass is 339 g/mol. The van der Waals surface area contributed by atoms with Gasteiger partial charge in [-0.3, -0.25) is 4.99 Å². The van der Waals surface area contributed by atoms with Gasteiger partial charge < -0.3 is 11.5 Å². The van der Waals surface area contributed by atoms with Crippen molar-refractivity contribution in [3.63, 3.8) is 0 Å². The fourth-order valence-corrected chi connectivity index (χ4v) is 3.05. The Labute approximate surface area is 143 Å². The fourth-order valence-electron chi connectivity index (χ4n) is 2.08. The van der Waals surface area contributed by atoms with Crippen LogP contribution in [0.1, 0.15) is 5.56 Å². The average molecular weight is 339 g/mol. The minimum Gasteiger partial charge on any atom is -0.404 e. The number of aromatic amines is 1. The highest BCUT2D eigenvalue weighted by Gasteiger charge is 2.09. The van der Waals surface area contributed by atoms with Gasteiger partial charge in [0.15, 0.2) is 0 Å². The number of hydrogen-bond donors (Lipinski definition) is 3. The summed E-state index contributed by atoms with van der Waals surface area (Å²) in [5, 5.41) is 10.6. The molecule has 0 bridgehead atoms. The molecule has 24 heavy (non-hydrogen) atoms. The molecule has 2 heterocycles. The van der Waals surface area contributed by atoms with Gasteiger partial charge in [0.1, 0.15) is 11.3 Å². The number of nitrogens with zero attached hydrogens (tertiary/aromatic N) is 4. The number of benzene rings is 1. The lowest BCUT2D eigenvalue weighted by molar-refractivity contribution is 0.953. The van der Waals surface area contributed by atoms with Gasteiger partial charge in [0.25, 0.3) is 0 Å². The Hall–Kier alpha value is -2.87. The third-order valence-electron chi connectivity index (χ3n) is 3.26. The number of rotatable bonds is 6. The second-order valence-corrected chi connectivity index (χ2v) is 6.04. The molecule has 7 nitrogen and oxygen atoms in total. The minimum absolute atomic E-state index is 0.412. The maximum absolute atomic E-state index is 5.80. The summed E-state index contributed by atoms with van der Waals surface area (Å²) < 4.78 is 0. The van der Waals surface area contributed by atoms with E-state index in [1.54, 1.807) is 30.2 Å². The summed E-state index contributed by atoms with van der Waals surface area (Å²) in [6.07, 6.45) is 3.36. The van der Waals surface area contributed by atoms with Crippen LogP contribution in [0.25, 0.3) is 11.2 Å². The number of anilines is 1. The van der Waals surface area contributed by atoms with Gasteiger partial charge in [0, 0.05) is 16.9 Å². The zero-order chi connectivity index (χ0) is 16.8. The van der Waals surface area contributed by atoms with Crippen molar-refractivity contribution in [2.24, 2.45) is 10.7 Å². The van der Waals surface area contributed by atoms with Crippen molar-refractivity contribution >= 4 is 35.0 Å². The van der Waals surface area contributed by atoms with Crippen LogP contribution in [-0.4, -0.2) is 32.4 Å². The van der Waals surface area contributed by atoms with Crippen LogP contribution >= 0.6 is 11.8 Å². The Morgan fingerprint density at radius 3 is 2.88 bits per heavy atom. The van der Waals surface area contributed by atoms with E-state index in [9.17, 15) is 0 Å². The van der Waals surface area contributed by atoms with E-state index >= 15 is 0 Å². The van der Waals surface area contributed by atoms with E-state index in [-0.39, 0.29) is 0 Å². The smallest absolute Gasteiger partial charge is 0.204 e. The maximum atomic E-state index is 5.80. The van der Waals surface area contributed by atoms with Crippen LogP contribution in [0.2, 0.25) is 0 Å². The highest BCUT2D eigenvalue weighted by molar-refractivity contribution is 7.99. The predicted molar refractivity (Wildman–Crippen MR) is 97.7 cm³/mol. The molecule has 0 unspecified atom stereocenters. The van der Waals surface area contributed by atoms with Crippen LogP contribution in [-0.2, 0) is 6.54 Å². The Morgan fingerprint density at radius 1 is 1.25 bits per heavy atom. The molecule has 0 saturated heterocycles. The van der Waals surface area contributed by atoms with Crippen molar-refractivity contribution in [3.05, 3.63) is 53.7 Å². The van der Waals surface area contributed by atoms with Crippen molar-refractivity contribution in [3.8, 4) is 0 Å². The quantitative estimate of drug-likeness (QED) is 0.467. The Bertz CT molecular complexity index is 871. The normalized spacial score (nSPS) is 12.2. The fraction of sp³-hybridized carbons (Fsp3) is 0.125. The van der Waals surface area contributed by atoms with Crippen LogP contribution in [0.4, 0.5) is 5.82 Å². The average Bonchev–Trinajstić information content (AvgIpc) is 3.07. The van der Waals surface area contributed by atoms with Gasteiger partial charge in [-0.25, -0.2) is 4.98 Å². The van der Waals surface area contributed by atoms with Gasteiger partial charge in [0.05, 0.1) is 6.54 Å². The van der Waals surface area contributed by atoms with Gasteiger partial charge in [-0.1, -0.05) is 30.3 Å². The van der Waals surface area contributed by atoms with Crippen LogP contribution in [0.3, 0.4) is 0 Å². The molecule has 0 amide bonds. The molecule has 0 aliphatic carbocycles. The first-order valence-corrected chi connectivity index (χ1v) is 8.29. The highest BCUT2D eigenvalue weighted by atomic mass is 32.2. The van der Waals surface area contributed by atoms with Crippen LogP contribution in [0, 0.1) is 0 Å². The van der Waals surface area contributed by atoms with Crippen molar-refractivity contribution < 1.29 is 0 Å². The van der Waals surface area contributed by atoms with Gasteiger partial charge >= 0.3 is 0 Å². The molecule has 1 aromatic carbocycles. The molecule has 5 N–H and O–H groups in total. The molecule has 3 aromatic rings. The lowest BCUT2D eigenvalue weighted by atomic mass is 10.2. The largest absolute Gasteiger partial charge is 0.404 e. The Morgan fingerprint density at radius 2 is 2.08 bits per heavy atom. The molecular weight excluding hydrogens is 322 g/mol. The molecule has 0 aliphatic heterocycles. The van der Waals surface area contributed by atoms with Gasteiger partial charge in [-0.15, -0.1) is 16.9 Å². The number of nitrogen functional groups attached to an aromatic ring is 1. The maximum Gasteiger partial charge on any atom is 0.204 e. The standard InChI is InChI=1S/C16H17N7S/c17-7-12(9-19-8-11-4-2-1-3-5-11)10-24-13-6-14(18)20-16-15(13)21-23-22-16/h1-7,9H,8,10,17H2,(H3,18,20,21,22,23). The van der Waals surface area contributed by atoms with Gasteiger partial charge in [-0.2, -0.15) is 10.3 Å². The minimum atomic E-state index is 0.412. The van der Waals surface area contributed by atoms with E-state index in [1.807, 2.05) is 30.3 Å². The first-order chi connectivity index (χ1) is 11.8. The van der Waals surface area contributed by atoms with Crippen LogP contribution in [0.5, 0.6) is 0 Å². The van der Waals surface area contributed by atoms with Crippen molar-refractivity contribution in [2.75, 3.05) is 11.5 Å². The summed E-state index contributed by atoms with van der Waals surface area (Å²) >= 11 is 1.57. The van der Waals surface area contributed by atoms with E-state index < -0.39 is 0 Å². The van der Waals surface area contributed by atoms with Crippen molar-refractivity contribution in [2.45, 2.75) is 11.4 Å². The summed E-state index contributed by atoms with van der Waals surface area (Å²) in [4.78, 5) is 9.46. The van der Waals surface area contributed by atoms with Gasteiger partial charge in [0.2, 0.25) is 5.65 Å². The molecular formula is C16H17N7S. The zero-order valence-corrected chi connectivity index (χ0v) is 13.7. The summed E-state index contributed by atoms with van der Waals surface area (Å²) in [7, 11) is 0. The number of aromatic nitrogens is 4. The van der Waals surface area contributed by atoms with Crippen molar-refractivity contribution in [1.82, 2.24) is 20.4 Å². The summed E-state index contributed by atoms with van der Waals surface area (Å²) in [5.74, 6) is 1.06. The number of aliphatic imine (C=N–C) groups is 1. The molecule has 0 atom stereocenters. The third kappa shape index (κ3) is 3.90. The number of H-pyrrole nitrogens is 1. The summed E-state index contributed by atoms with van der Waals surface area (Å²) in [6, 6.07) is 11.8. The molecule has 8 heteroatoms. The van der Waals surface area contributed by atoms with E-state index in [1.165, 1.54) is 0 Å². The van der Waals surface area contributed by atoms with Crippen LogP contribution in [0.15, 0.2) is 58.1 Å². The van der Waals surface area contributed by atoms with Crippen molar-refractivity contribution in [1.29, 1.82) is 0 Å². The number of nitrogens with two attached hydrogens (primary N) is 2. The van der Waals surface area contributed by atoms with E-state index in [2.05, 4.69) is 25.4 Å². The molecule has 0 fully saturated rings. The topological polar surface area (TPSA) is 119 Å². The second-order valence-electron chi connectivity index (χ2n) is 5.03. The van der Waals surface area contributed by atoms with E-state index in [0.29, 0.717) is 29.3 Å². The predicted octanol–water partition coefficient (Wildman–Crippen LogP) is 2.14. The van der Waals surface area contributed by atoms with Gasteiger partial charge in [-0.05, 0) is 23.4 Å². The summed E-state index contributed by atoms with van der Waals surface area (Å²) in [5.41, 5.74) is 14.8. The first kappa shape index (κ1) is 16.0. The molecule has 0 saturated carbocycles. The molecule has 0 spiro atoms. The third-order valence-corrected chi connectivity index (χ3v) is 4.36. The number of fused-ring (bicyclic) bond motifs is 1. The number of nitrogens with one attached hydrogen (secondary N) is 1. The number of hydrogen-bond acceptors (Lipinski definition) is 7.